The van der Waals surface area contributed by atoms with Gasteiger partial charge in [-0.1, -0.05) is 12.1 Å². The number of fused-ring (bicyclic) bond motifs is 1. The van der Waals surface area contributed by atoms with Crippen LogP contribution in [0, 0.1) is 5.92 Å². The Morgan fingerprint density at radius 2 is 2.00 bits per heavy atom. The van der Waals surface area contributed by atoms with Gasteiger partial charge in [0, 0.05) is 35.3 Å². The number of amides is 1. The van der Waals surface area contributed by atoms with Crippen molar-refractivity contribution >= 4 is 17.2 Å². The quantitative estimate of drug-likeness (QED) is 0.735. The van der Waals surface area contributed by atoms with E-state index in [1.807, 2.05) is 36.4 Å². The third kappa shape index (κ3) is 4.01. The largest absolute Gasteiger partial charge is 0.497 e. The summed E-state index contributed by atoms with van der Waals surface area (Å²) in [6, 6.07) is 11.7. The summed E-state index contributed by atoms with van der Waals surface area (Å²) in [4.78, 5) is 22.7. The number of rotatable bonds is 5. The van der Waals surface area contributed by atoms with E-state index >= 15 is 0 Å². The van der Waals surface area contributed by atoms with Crippen molar-refractivity contribution < 1.29 is 9.53 Å². The Morgan fingerprint density at radius 3 is 2.74 bits per heavy atom. The molecule has 1 aromatic carbocycles. The van der Waals surface area contributed by atoms with Crippen molar-refractivity contribution in [3.8, 4) is 16.3 Å². The molecule has 27 heavy (non-hydrogen) atoms. The Hall–Kier alpha value is -2.73. The van der Waals surface area contributed by atoms with Gasteiger partial charge in [-0.3, -0.25) is 9.78 Å². The first-order valence-corrected chi connectivity index (χ1v) is 9.84. The summed E-state index contributed by atoms with van der Waals surface area (Å²) in [6.45, 7) is 0.539. The molecule has 0 spiro atoms. The molecule has 3 aromatic rings. The second-order valence-electron chi connectivity index (χ2n) is 6.63. The molecule has 6 heteroatoms. The fourth-order valence-electron chi connectivity index (χ4n) is 3.29. The van der Waals surface area contributed by atoms with E-state index in [1.165, 1.54) is 4.88 Å². The molecule has 0 saturated carbocycles. The van der Waals surface area contributed by atoms with Gasteiger partial charge >= 0.3 is 0 Å². The molecule has 0 aliphatic heterocycles. The lowest BCUT2D eigenvalue weighted by Gasteiger charge is -2.20. The van der Waals surface area contributed by atoms with E-state index in [0.29, 0.717) is 6.54 Å². The maximum atomic E-state index is 12.6. The lowest BCUT2D eigenvalue weighted by Crippen LogP contribution is -2.33. The van der Waals surface area contributed by atoms with Crippen LogP contribution in [-0.4, -0.2) is 23.0 Å². The number of methoxy groups -OCH3 is 1. The van der Waals surface area contributed by atoms with E-state index < -0.39 is 0 Å². The summed E-state index contributed by atoms with van der Waals surface area (Å²) in [5.74, 6) is 0.955. The van der Waals surface area contributed by atoms with Crippen LogP contribution in [0.15, 0.2) is 48.8 Å². The second-order valence-corrected chi connectivity index (χ2v) is 7.71. The van der Waals surface area contributed by atoms with Crippen LogP contribution < -0.4 is 10.1 Å². The molecule has 2 heterocycles. The van der Waals surface area contributed by atoms with Gasteiger partial charge in [0.25, 0.3) is 0 Å². The number of aryl methyl sites for hydroxylation is 1. The monoisotopic (exact) mass is 379 g/mol. The molecule has 1 amide bonds. The molecular weight excluding hydrogens is 358 g/mol. The van der Waals surface area contributed by atoms with Crippen molar-refractivity contribution in [1.29, 1.82) is 0 Å². The van der Waals surface area contributed by atoms with Gasteiger partial charge in [-0.2, -0.15) is 0 Å². The number of benzene rings is 1. The molecule has 5 nitrogen and oxygen atoms in total. The van der Waals surface area contributed by atoms with Crippen LogP contribution >= 0.6 is 11.3 Å². The van der Waals surface area contributed by atoms with Gasteiger partial charge in [-0.25, -0.2) is 4.98 Å². The average Bonchev–Trinajstić information content (AvgIpc) is 3.16. The molecule has 1 atom stereocenters. The number of nitrogens with one attached hydrogen (secondary N) is 1. The number of hydrogen-bond donors (Lipinski definition) is 1. The number of aromatic nitrogens is 2. The molecule has 1 aliphatic carbocycles. The Kier molecular flexibility index (Phi) is 5.16. The highest BCUT2D eigenvalue weighted by Gasteiger charge is 2.27. The van der Waals surface area contributed by atoms with E-state index in [2.05, 4.69) is 10.3 Å². The first kappa shape index (κ1) is 17.7. The molecule has 1 aliphatic rings. The molecule has 0 bridgehead atoms. The summed E-state index contributed by atoms with van der Waals surface area (Å²) in [5.41, 5.74) is 3.30. The van der Waals surface area contributed by atoms with Crippen LogP contribution in [0.1, 0.15) is 22.6 Å². The minimum absolute atomic E-state index is 0.0153. The highest BCUT2D eigenvalue weighted by atomic mass is 32.1. The van der Waals surface area contributed by atoms with Gasteiger partial charge in [0.15, 0.2) is 0 Å². The third-order valence-electron chi connectivity index (χ3n) is 4.86. The maximum absolute atomic E-state index is 12.6. The lowest BCUT2D eigenvalue weighted by atomic mass is 9.90. The van der Waals surface area contributed by atoms with Crippen LogP contribution in [0.2, 0.25) is 0 Å². The molecule has 0 saturated heterocycles. The van der Waals surface area contributed by atoms with Crippen molar-refractivity contribution in [2.75, 3.05) is 7.11 Å². The standard InChI is InChI=1S/C21H21N3O2S/c1-26-17-5-2-14(3-6-17)13-23-20(25)16-4-7-18-19(12-16)27-21(24-18)15-8-10-22-11-9-15/h2-3,5-6,8-11,16H,4,7,12-13H2,1H3,(H,23,25). The lowest BCUT2D eigenvalue weighted by molar-refractivity contribution is -0.125. The molecule has 0 fully saturated rings. The van der Waals surface area contributed by atoms with E-state index in [9.17, 15) is 4.79 Å². The third-order valence-corrected chi connectivity index (χ3v) is 6.03. The maximum Gasteiger partial charge on any atom is 0.223 e. The summed E-state index contributed by atoms with van der Waals surface area (Å²) < 4.78 is 5.16. The molecule has 2 aromatic heterocycles. The van der Waals surface area contributed by atoms with E-state index in [-0.39, 0.29) is 11.8 Å². The fourth-order valence-corrected chi connectivity index (χ4v) is 4.49. The summed E-state index contributed by atoms with van der Waals surface area (Å²) in [6.07, 6.45) is 6.04. The number of pyridine rings is 1. The summed E-state index contributed by atoms with van der Waals surface area (Å²) in [5, 5.41) is 4.09. The average molecular weight is 379 g/mol. The Labute approximate surface area is 162 Å². The minimum atomic E-state index is 0.0153. The van der Waals surface area contributed by atoms with E-state index in [4.69, 9.17) is 9.72 Å². The molecule has 0 radical (unpaired) electrons. The molecular formula is C21H21N3O2S. The van der Waals surface area contributed by atoms with Crippen molar-refractivity contribution in [3.05, 3.63) is 64.9 Å². The van der Waals surface area contributed by atoms with Crippen LogP contribution in [0.4, 0.5) is 0 Å². The highest BCUT2D eigenvalue weighted by molar-refractivity contribution is 7.15. The smallest absolute Gasteiger partial charge is 0.223 e. The fraction of sp³-hybridized carbons (Fsp3) is 0.286. The van der Waals surface area contributed by atoms with Crippen LogP contribution in [0.25, 0.3) is 10.6 Å². The first-order valence-electron chi connectivity index (χ1n) is 9.02. The summed E-state index contributed by atoms with van der Waals surface area (Å²) >= 11 is 1.70. The van der Waals surface area contributed by atoms with Crippen molar-refractivity contribution in [2.24, 2.45) is 5.92 Å². The molecule has 4 rings (SSSR count). The van der Waals surface area contributed by atoms with Gasteiger partial charge in [-0.05, 0) is 49.1 Å². The van der Waals surface area contributed by atoms with Crippen molar-refractivity contribution in [2.45, 2.75) is 25.8 Å². The Morgan fingerprint density at radius 1 is 1.22 bits per heavy atom. The molecule has 1 N–H and O–H groups in total. The zero-order valence-electron chi connectivity index (χ0n) is 15.1. The predicted octanol–water partition coefficient (Wildman–Crippen LogP) is 3.64. The number of hydrogen-bond acceptors (Lipinski definition) is 5. The topological polar surface area (TPSA) is 64.1 Å². The molecule has 1 unspecified atom stereocenters. The number of thiazole rings is 1. The second kappa shape index (κ2) is 7.88. The SMILES string of the molecule is COc1ccc(CNC(=O)C2CCc3nc(-c4ccncc4)sc3C2)cc1. The van der Waals surface area contributed by atoms with Crippen LogP contribution in [0.5, 0.6) is 5.75 Å². The van der Waals surface area contributed by atoms with Gasteiger partial charge in [0.05, 0.1) is 12.8 Å². The van der Waals surface area contributed by atoms with Gasteiger partial charge < -0.3 is 10.1 Å². The zero-order chi connectivity index (χ0) is 18.6. The van der Waals surface area contributed by atoms with Gasteiger partial charge in [0.2, 0.25) is 5.91 Å². The zero-order valence-corrected chi connectivity index (χ0v) is 16.0. The van der Waals surface area contributed by atoms with Crippen molar-refractivity contribution in [3.63, 3.8) is 0 Å². The number of nitrogens with zero attached hydrogens (tertiary/aromatic N) is 2. The van der Waals surface area contributed by atoms with Crippen LogP contribution in [0.3, 0.4) is 0 Å². The van der Waals surface area contributed by atoms with E-state index in [1.54, 1.807) is 30.8 Å². The van der Waals surface area contributed by atoms with E-state index in [0.717, 1.165) is 46.8 Å². The van der Waals surface area contributed by atoms with Gasteiger partial charge in [-0.15, -0.1) is 11.3 Å². The Balaban J connectivity index is 1.38. The number of ether oxygens (including phenoxy) is 1. The number of carbonyl (C=O) groups excluding carboxylic acids is 1. The predicted molar refractivity (Wildman–Crippen MR) is 106 cm³/mol. The van der Waals surface area contributed by atoms with Crippen molar-refractivity contribution in [1.82, 2.24) is 15.3 Å². The minimum Gasteiger partial charge on any atom is -0.497 e. The van der Waals surface area contributed by atoms with Gasteiger partial charge in [0.1, 0.15) is 10.8 Å². The highest BCUT2D eigenvalue weighted by Crippen LogP contribution is 2.34. The first-order chi connectivity index (χ1) is 13.2. The molecule has 138 valence electrons. The van der Waals surface area contributed by atoms with Crippen LogP contribution in [-0.2, 0) is 24.2 Å². The normalized spacial score (nSPS) is 15.8. The Bertz CT molecular complexity index is 922. The number of carbonyl (C=O) groups is 1. The summed E-state index contributed by atoms with van der Waals surface area (Å²) in [7, 11) is 1.65.